The Balaban J connectivity index is 2.05. The smallest absolute Gasteiger partial charge is 0.205 e. The van der Waals surface area contributed by atoms with E-state index in [9.17, 15) is 5.26 Å². The molecule has 0 aromatic heterocycles. The fraction of sp³-hybridized carbons (Fsp3) is 0.0500. The van der Waals surface area contributed by atoms with E-state index in [0.717, 1.165) is 26.4 Å². The van der Waals surface area contributed by atoms with E-state index >= 15 is 0 Å². The number of allylic oxidation sites excluding steroid dienone is 1. The molecule has 0 unspecified atom stereocenters. The van der Waals surface area contributed by atoms with Crippen molar-refractivity contribution >= 4 is 26.7 Å². The van der Waals surface area contributed by atoms with Gasteiger partial charge in [0.2, 0.25) is 5.88 Å². The summed E-state index contributed by atoms with van der Waals surface area (Å²) < 4.78 is 6.74. The van der Waals surface area contributed by atoms with Gasteiger partial charge in [-0.3, -0.25) is 0 Å². The van der Waals surface area contributed by atoms with Crippen LogP contribution in [0, 0.1) is 11.3 Å². The van der Waals surface area contributed by atoms with Crippen LogP contribution in [0.4, 0.5) is 0 Å². The number of nitrogens with two attached hydrogens (primary N) is 1. The summed E-state index contributed by atoms with van der Waals surface area (Å²) in [5.41, 5.74) is 8.48. The first-order valence-electron chi connectivity index (χ1n) is 7.53. The first-order chi connectivity index (χ1) is 11.7. The summed E-state index contributed by atoms with van der Waals surface area (Å²) in [5, 5.41) is 11.9. The molecular weight excluding hydrogens is 364 g/mol. The third kappa shape index (κ3) is 2.26. The minimum absolute atomic E-state index is 0.174. The second-order valence-corrected chi connectivity index (χ2v) is 6.59. The van der Waals surface area contributed by atoms with Crippen molar-refractivity contribution in [2.75, 3.05) is 0 Å². The van der Waals surface area contributed by atoms with Crippen molar-refractivity contribution in [1.82, 2.24) is 0 Å². The standard InChI is InChI=1S/C20H13BrN2O/c21-14-8-5-13(6-9-14)18-16(11-22)20(23)24-17-10-7-12-3-1-2-4-15(12)19(17)18/h1-10,18H,23H2/t18-/m1/s1. The highest BCUT2D eigenvalue weighted by Gasteiger charge is 2.31. The fourth-order valence-corrected chi connectivity index (χ4v) is 3.49. The van der Waals surface area contributed by atoms with Crippen LogP contribution in [0.25, 0.3) is 10.8 Å². The van der Waals surface area contributed by atoms with Gasteiger partial charge in [-0.05, 0) is 34.5 Å². The molecule has 3 aromatic rings. The number of halogens is 1. The van der Waals surface area contributed by atoms with E-state index in [1.807, 2.05) is 48.5 Å². The first-order valence-corrected chi connectivity index (χ1v) is 8.33. The van der Waals surface area contributed by atoms with Gasteiger partial charge in [0.25, 0.3) is 0 Å². The van der Waals surface area contributed by atoms with Gasteiger partial charge >= 0.3 is 0 Å². The summed E-state index contributed by atoms with van der Waals surface area (Å²) in [4.78, 5) is 0. The molecule has 3 aromatic carbocycles. The zero-order valence-electron chi connectivity index (χ0n) is 12.7. The molecule has 0 fully saturated rings. The lowest BCUT2D eigenvalue weighted by atomic mass is 9.81. The molecule has 0 aliphatic carbocycles. The van der Waals surface area contributed by atoms with Gasteiger partial charge in [-0.2, -0.15) is 5.26 Å². The van der Waals surface area contributed by atoms with Gasteiger partial charge in [-0.15, -0.1) is 0 Å². The number of ether oxygens (including phenoxy) is 1. The number of hydrogen-bond donors (Lipinski definition) is 1. The molecule has 3 nitrogen and oxygen atoms in total. The van der Waals surface area contributed by atoms with Crippen LogP contribution in [0.2, 0.25) is 0 Å². The van der Waals surface area contributed by atoms with Gasteiger partial charge in [0.1, 0.15) is 17.4 Å². The van der Waals surface area contributed by atoms with Crippen LogP contribution < -0.4 is 10.5 Å². The number of rotatable bonds is 1. The van der Waals surface area contributed by atoms with Crippen LogP contribution in [-0.2, 0) is 0 Å². The van der Waals surface area contributed by atoms with E-state index in [0.29, 0.717) is 11.3 Å². The molecule has 0 radical (unpaired) electrons. The molecule has 0 bridgehead atoms. The minimum atomic E-state index is -0.238. The van der Waals surface area contributed by atoms with Gasteiger partial charge in [0.15, 0.2) is 0 Å². The van der Waals surface area contributed by atoms with Gasteiger partial charge in [0.05, 0.1) is 5.92 Å². The highest BCUT2D eigenvalue weighted by molar-refractivity contribution is 9.10. The number of fused-ring (bicyclic) bond motifs is 3. The molecule has 116 valence electrons. The summed E-state index contributed by atoms with van der Waals surface area (Å²) >= 11 is 3.46. The van der Waals surface area contributed by atoms with E-state index in [1.165, 1.54) is 0 Å². The molecule has 4 rings (SSSR count). The Kier molecular flexibility index (Phi) is 3.51. The van der Waals surface area contributed by atoms with Crippen LogP contribution in [0.5, 0.6) is 5.75 Å². The maximum atomic E-state index is 9.67. The highest BCUT2D eigenvalue weighted by Crippen LogP contribution is 2.45. The zero-order chi connectivity index (χ0) is 16.7. The Bertz CT molecular complexity index is 1020. The predicted octanol–water partition coefficient (Wildman–Crippen LogP) is 4.82. The second-order valence-electron chi connectivity index (χ2n) is 5.67. The number of hydrogen-bond acceptors (Lipinski definition) is 3. The summed E-state index contributed by atoms with van der Waals surface area (Å²) in [7, 11) is 0. The summed E-state index contributed by atoms with van der Waals surface area (Å²) in [6.45, 7) is 0. The van der Waals surface area contributed by atoms with E-state index < -0.39 is 0 Å². The maximum Gasteiger partial charge on any atom is 0.205 e. The molecule has 0 saturated carbocycles. The Morgan fingerprint density at radius 2 is 1.75 bits per heavy atom. The quantitative estimate of drug-likeness (QED) is 0.662. The monoisotopic (exact) mass is 376 g/mol. The second kappa shape index (κ2) is 5.70. The van der Waals surface area contributed by atoms with Crippen molar-refractivity contribution in [3.63, 3.8) is 0 Å². The van der Waals surface area contributed by atoms with Crippen molar-refractivity contribution < 1.29 is 4.74 Å². The van der Waals surface area contributed by atoms with Crippen LogP contribution in [0.1, 0.15) is 17.0 Å². The van der Waals surface area contributed by atoms with Crippen LogP contribution >= 0.6 is 15.9 Å². The van der Waals surface area contributed by atoms with Crippen molar-refractivity contribution in [3.8, 4) is 11.8 Å². The zero-order valence-corrected chi connectivity index (χ0v) is 14.2. The maximum absolute atomic E-state index is 9.67. The lowest BCUT2D eigenvalue weighted by Crippen LogP contribution is -2.21. The average Bonchev–Trinajstić information content (AvgIpc) is 2.61. The van der Waals surface area contributed by atoms with E-state index in [2.05, 4.69) is 34.1 Å². The third-order valence-corrected chi connectivity index (χ3v) is 4.85. The molecule has 1 aliphatic rings. The molecule has 2 N–H and O–H groups in total. The van der Waals surface area contributed by atoms with Gasteiger partial charge < -0.3 is 10.5 Å². The SMILES string of the molecule is N#CC1=C(N)Oc2ccc3ccccc3c2[C@@H]1c1ccc(Br)cc1. The molecule has 0 amide bonds. The topological polar surface area (TPSA) is 59.0 Å². The van der Waals surface area contributed by atoms with Crippen LogP contribution in [0.3, 0.4) is 0 Å². The fourth-order valence-electron chi connectivity index (χ4n) is 3.23. The van der Waals surface area contributed by atoms with Gasteiger partial charge in [-0.1, -0.05) is 58.4 Å². The van der Waals surface area contributed by atoms with E-state index in [4.69, 9.17) is 10.5 Å². The summed E-state index contributed by atoms with van der Waals surface area (Å²) in [5.74, 6) is 0.643. The number of nitriles is 1. The van der Waals surface area contributed by atoms with Crippen LogP contribution in [-0.4, -0.2) is 0 Å². The van der Waals surface area contributed by atoms with Crippen LogP contribution in [0.15, 0.2) is 76.6 Å². The summed E-state index contributed by atoms with van der Waals surface area (Å²) in [6.07, 6.45) is 0. The Morgan fingerprint density at radius 1 is 1.00 bits per heavy atom. The molecule has 1 aliphatic heterocycles. The highest BCUT2D eigenvalue weighted by atomic mass is 79.9. The van der Waals surface area contributed by atoms with Crippen molar-refractivity contribution in [1.29, 1.82) is 5.26 Å². The van der Waals surface area contributed by atoms with Gasteiger partial charge in [0, 0.05) is 10.0 Å². The molecular formula is C20H13BrN2O. The number of benzene rings is 3. The average molecular weight is 377 g/mol. The van der Waals surface area contributed by atoms with Crippen molar-refractivity contribution in [3.05, 3.63) is 87.7 Å². The largest absolute Gasteiger partial charge is 0.440 e. The van der Waals surface area contributed by atoms with E-state index in [1.54, 1.807) is 0 Å². The molecule has 24 heavy (non-hydrogen) atoms. The third-order valence-electron chi connectivity index (χ3n) is 4.32. The normalized spacial score (nSPS) is 16.4. The summed E-state index contributed by atoms with van der Waals surface area (Å²) in [6, 6.07) is 22.2. The molecule has 0 spiro atoms. The Morgan fingerprint density at radius 3 is 2.50 bits per heavy atom. The van der Waals surface area contributed by atoms with E-state index in [-0.39, 0.29) is 11.8 Å². The molecule has 1 heterocycles. The van der Waals surface area contributed by atoms with Crippen molar-refractivity contribution in [2.45, 2.75) is 5.92 Å². The molecule has 4 heteroatoms. The first kappa shape index (κ1) is 14.8. The molecule has 0 saturated heterocycles. The lowest BCUT2D eigenvalue weighted by molar-refractivity contribution is 0.395. The molecule has 1 atom stereocenters. The number of nitrogens with zero attached hydrogens (tertiary/aromatic N) is 1. The predicted molar refractivity (Wildman–Crippen MR) is 97.4 cm³/mol. The minimum Gasteiger partial charge on any atom is -0.440 e. The Hall–Kier alpha value is -2.77. The Labute approximate surface area is 148 Å². The lowest BCUT2D eigenvalue weighted by Gasteiger charge is -2.27. The van der Waals surface area contributed by atoms with Crippen molar-refractivity contribution in [2.24, 2.45) is 5.73 Å². The van der Waals surface area contributed by atoms with Gasteiger partial charge in [-0.25, -0.2) is 0 Å².